The lowest BCUT2D eigenvalue weighted by Crippen LogP contribution is -2.41. The van der Waals surface area contributed by atoms with Crippen molar-refractivity contribution in [2.45, 2.75) is 23.8 Å². The van der Waals surface area contributed by atoms with Crippen LogP contribution in [0, 0.1) is 0 Å². The number of rotatable bonds is 7. The zero-order chi connectivity index (χ0) is 25.5. The topological polar surface area (TPSA) is 104 Å². The maximum atomic E-state index is 13.1. The Morgan fingerprint density at radius 3 is 2.69 bits per heavy atom. The number of carbonyl (C=O) groups excluding carboxylic acids is 3. The highest BCUT2D eigenvalue weighted by molar-refractivity contribution is 7.99. The lowest BCUT2D eigenvalue weighted by molar-refractivity contribution is 0.0708. The first-order valence-corrected chi connectivity index (χ1v) is 13.5. The minimum atomic E-state index is -0.498. The number of thioether (sulfide) groups is 1. The minimum absolute atomic E-state index is 0.0252. The summed E-state index contributed by atoms with van der Waals surface area (Å²) < 4.78 is 0. The van der Waals surface area contributed by atoms with E-state index in [-0.39, 0.29) is 17.5 Å². The van der Waals surface area contributed by atoms with Gasteiger partial charge in [0.15, 0.2) is 0 Å². The third kappa shape index (κ3) is 6.31. The maximum absolute atomic E-state index is 13.1. The molecule has 0 atom stereocenters. The van der Waals surface area contributed by atoms with Gasteiger partial charge in [0.1, 0.15) is 10.7 Å². The molecule has 2 aromatic heterocycles. The first-order chi connectivity index (χ1) is 17.5. The second-order valence-electron chi connectivity index (χ2n) is 8.01. The summed E-state index contributed by atoms with van der Waals surface area (Å²) in [6.45, 7) is 4.92. The van der Waals surface area contributed by atoms with Gasteiger partial charge < -0.3 is 4.90 Å². The van der Waals surface area contributed by atoms with Gasteiger partial charge >= 0.3 is 0 Å². The first kappa shape index (κ1) is 25.9. The first-order valence-electron chi connectivity index (χ1n) is 11.3. The molecular weight excluding hydrogens is 518 g/mol. The highest BCUT2D eigenvalue weighted by Gasteiger charge is 2.28. The Morgan fingerprint density at radius 1 is 1.17 bits per heavy atom. The van der Waals surface area contributed by atoms with Crippen molar-refractivity contribution in [2.24, 2.45) is 0 Å². The molecule has 11 heteroatoms. The molecule has 1 aromatic carbocycles. The Labute approximate surface area is 222 Å². The van der Waals surface area contributed by atoms with E-state index < -0.39 is 11.8 Å². The molecule has 0 saturated carbocycles. The number of nitrogens with zero attached hydrogens (tertiary/aromatic N) is 3. The molecular formula is C25H24ClN5O3S2. The number of amides is 3. The van der Waals surface area contributed by atoms with Crippen LogP contribution in [0.25, 0.3) is 0 Å². The van der Waals surface area contributed by atoms with Gasteiger partial charge in [0, 0.05) is 46.9 Å². The number of halogens is 1. The normalized spacial score (nSPS) is 13.8. The molecule has 3 amide bonds. The molecule has 3 heterocycles. The van der Waals surface area contributed by atoms with Crippen LogP contribution in [-0.2, 0) is 0 Å². The number of likely N-dealkylation sites (tertiary alicyclic amines) is 1. The van der Waals surface area contributed by atoms with Crippen molar-refractivity contribution >= 4 is 52.4 Å². The van der Waals surface area contributed by atoms with Gasteiger partial charge in [0.25, 0.3) is 17.7 Å². The Kier molecular flexibility index (Phi) is 8.74. The predicted molar refractivity (Wildman–Crippen MR) is 142 cm³/mol. The van der Waals surface area contributed by atoms with E-state index >= 15 is 0 Å². The summed E-state index contributed by atoms with van der Waals surface area (Å²) >= 11 is 8.80. The van der Waals surface area contributed by atoms with E-state index in [0.717, 1.165) is 17.8 Å². The number of hydrazine groups is 1. The minimum Gasteiger partial charge on any atom is -0.339 e. The van der Waals surface area contributed by atoms with E-state index in [9.17, 15) is 14.4 Å². The molecule has 1 aliphatic rings. The molecule has 0 spiro atoms. The summed E-state index contributed by atoms with van der Waals surface area (Å²) in [4.78, 5) is 48.5. The molecule has 2 N–H and O–H groups in total. The summed E-state index contributed by atoms with van der Waals surface area (Å²) in [5, 5.41) is 3.66. The van der Waals surface area contributed by atoms with Gasteiger partial charge in [-0.2, -0.15) is 0 Å². The molecule has 0 radical (unpaired) electrons. The lowest BCUT2D eigenvalue weighted by atomic mass is 9.97. The summed E-state index contributed by atoms with van der Waals surface area (Å²) in [7, 11) is 0. The molecule has 36 heavy (non-hydrogen) atoms. The number of aromatic nitrogens is 2. The zero-order valence-electron chi connectivity index (χ0n) is 19.3. The number of hydrogen-bond donors (Lipinski definition) is 2. The van der Waals surface area contributed by atoms with Crippen molar-refractivity contribution in [1.29, 1.82) is 0 Å². The number of hydrogen-bond acceptors (Lipinski definition) is 7. The zero-order valence-corrected chi connectivity index (χ0v) is 21.7. The lowest BCUT2D eigenvalue weighted by Gasteiger charge is -2.31. The molecule has 0 unspecified atom stereocenters. The molecule has 0 aliphatic carbocycles. The molecule has 8 nitrogen and oxygen atoms in total. The fourth-order valence-corrected chi connectivity index (χ4v) is 5.65. The smallest absolute Gasteiger partial charge is 0.289 e. The molecule has 3 aromatic rings. The molecule has 186 valence electrons. The second kappa shape index (κ2) is 12.2. The van der Waals surface area contributed by atoms with Crippen LogP contribution < -0.4 is 10.9 Å². The third-order valence-corrected chi connectivity index (χ3v) is 7.85. The van der Waals surface area contributed by atoms with Crippen molar-refractivity contribution in [3.8, 4) is 0 Å². The van der Waals surface area contributed by atoms with E-state index in [1.807, 2.05) is 11.0 Å². The molecule has 1 fully saturated rings. The van der Waals surface area contributed by atoms with E-state index in [1.54, 1.807) is 41.9 Å². The van der Waals surface area contributed by atoms with Crippen molar-refractivity contribution in [2.75, 3.05) is 18.8 Å². The van der Waals surface area contributed by atoms with Gasteiger partial charge in [-0.05, 0) is 43.2 Å². The van der Waals surface area contributed by atoms with Crippen LogP contribution >= 0.6 is 34.7 Å². The van der Waals surface area contributed by atoms with Crippen LogP contribution in [0.5, 0.6) is 0 Å². The van der Waals surface area contributed by atoms with Gasteiger partial charge in [-0.3, -0.25) is 25.2 Å². The van der Waals surface area contributed by atoms with Gasteiger partial charge in [-0.1, -0.05) is 23.7 Å². The van der Waals surface area contributed by atoms with Gasteiger partial charge in [-0.15, -0.1) is 29.7 Å². The summed E-state index contributed by atoms with van der Waals surface area (Å²) in [6, 6.07) is 10.0. The van der Waals surface area contributed by atoms with Crippen LogP contribution in [-0.4, -0.2) is 51.4 Å². The van der Waals surface area contributed by atoms with Gasteiger partial charge in [0.2, 0.25) is 0 Å². The Balaban J connectivity index is 1.31. The van der Waals surface area contributed by atoms with E-state index in [4.69, 9.17) is 11.6 Å². The molecule has 4 rings (SSSR count). The van der Waals surface area contributed by atoms with Crippen LogP contribution in [0.1, 0.15) is 55.0 Å². The molecule has 0 bridgehead atoms. The highest BCUT2D eigenvalue weighted by Crippen LogP contribution is 2.31. The fraction of sp³-hybridized carbons (Fsp3) is 0.240. The SMILES string of the molecule is C=CCSc1ncccc1C(=O)N1CCC(c2nc(C(=O)NNC(=O)c3cccc(Cl)c3)cs2)CC1. The number of benzene rings is 1. The summed E-state index contributed by atoms with van der Waals surface area (Å²) in [5.74, 6) is -0.156. The number of pyridine rings is 1. The van der Waals surface area contributed by atoms with Gasteiger partial charge in [-0.25, -0.2) is 9.97 Å². The fourth-order valence-electron chi connectivity index (χ4n) is 3.77. The maximum Gasteiger partial charge on any atom is 0.289 e. The summed E-state index contributed by atoms with van der Waals surface area (Å²) in [5.41, 5.74) is 5.94. The van der Waals surface area contributed by atoms with Crippen LogP contribution in [0.4, 0.5) is 0 Å². The quantitative estimate of drug-likeness (QED) is 0.258. The number of carbonyl (C=O) groups is 3. The van der Waals surface area contributed by atoms with Crippen molar-refractivity contribution in [3.63, 3.8) is 0 Å². The molecule has 1 aliphatic heterocycles. The van der Waals surface area contributed by atoms with Crippen molar-refractivity contribution in [3.05, 3.63) is 87.5 Å². The van der Waals surface area contributed by atoms with Crippen LogP contribution in [0.15, 0.2) is 65.7 Å². The highest BCUT2D eigenvalue weighted by atomic mass is 35.5. The Morgan fingerprint density at radius 2 is 1.94 bits per heavy atom. The Hall–Kier alpha value is -3.21. The predicted octanol–water partition coefficient (Wildman–Crippen LogP) is 4.56. The average Bonchev–Trinajstić information content (AvgIpc) is 3.41. The van der Waals surface area contributed by atoms with Crippen molar-refractivity contribution in [1.82, 2.24) is 25.7 Å². The number of piperidine rings is 1. The van der Waals surface area contributed by atoms with Crippen LogP contribution in [0.2, 0.25) is 5.02 Å². The van der Waals surface area contributed by atoms with Crippen molar-refractivity contribution < 1.29 is 14.4 Å². The molecule has 1 saturated heterocycles. The Bertz CT molecular complexity index is 1270. The largest absolute Gasteiger partial charge is 0.339 e. The van der Waals surface area contributed by atoms with E-state index in [1.165, 1.54) is 29.2 Å². The van der Waals surface area contributed by atoms with Crippen LogP contribution in [0.3, 0.4) is 0 Å². The third-order valence-electron chi connectivity index (χ3n) is 5.60. The number of thiazole rings is 1. The number of nitrogens with one attached hydrogen (secondary N) is 2. The standard InChI is InChI=1S/C25H24ClN5O3S2/c1-2-13-35-24-19(7-4-10-27-24)25(34)31-11-8-16(9-12-31)23-28-20(15-36-23)22(33)30-29-21(32)17-5-3-6-18(26)14-17/h2-7,10,14-16H,1,8-9,11-13H2,(H,29,32)(H,30,33). The average molecular weight is 542 g/mol. The van der Waals surface area contributed by atoms with E-state index in [2.05, 4.69) is 27.4 Å². The monoisotopic (exact) mass is 541 g/mol. The van der Waals surface area contributed by atoms with Gasteiger partial charge in [0.05, 0.1) is 10.6 Å². The van der Waals surface area contributed by atoms with E-state index in [0.29, 0.717) is 40.0 Å². The summed E-state index contributed by atoms with van der Waals surface area (Å²) in [6.07, 6.45) is 4.98. The second-order valence-corrected chi connectivity index (χ2v) is 10.3.